The van der Waals surface area contributed by atoms with Crippen LogP contribution in [-0.2, 0) is 9.63 Å². The van der Waals surface area contributed by atoms with E-state index in [0.29, 0.717) is 40.8 Å². The van der Waals surface area contributed by atoms with E-state index in [0.717, 1.165) is 29.3 Å². The maximum atomic E-state index is 12.5. The van der Waals surface area contributed by atoms with Gasteiger partial charge in [-0.1, -0.05) is 35.0 Å². The molecule has 1 aromatic heterocycles. The van der Waals surface area contributed by atoms with Crippen molar-refractivity contribution in [3.63, 3.8) is 0 Å². The minimum absolute atomic E-state index is 0.0396. The molecule has 1 saturated heterocycles. The number of likely N-dealkylation sites (tertiary alicyclic amines) is 1. The first-order valence-electron chi connectivity index (χ1n) is 10.4. The number of nitrogens with one attached hydrogen (secondary N) is 1. The van der Waals surface area contributed by atoms with Crippen LogP contribution >= 0.6 is 11.6 Å². The van der Waals surface area contributed by atoms with Gasteiger partial charge in [0.05, 0.1) is 11.3 Å². The zero-order valence-corrected chi connectivity index (χ0v) is 18.0. The number of carbonyl (C=O) groups is 1. The van der Waals surface area contributed by atoms with Crippen molar-refractivity contribution in [3.8, 4) is 5.88 Å². The first kappa shape index (κ1) is 20.5. The molecule has 32 heavy (non-hydrogen) atoms. The van der Waals surface area contributed by atoms with Crippen LogP contribution in [-0.4, -0.2) is 58.1 Å². The largest absolute Gasteiger partial charge is 0.494 e. The summed E-state index contributed by atoms with van der Waals surface area (Å²) in [6.45, 7) is 1.07. The zero-order valence-electron chi connectivity index (χ0n) is 17.2. The number of aromatic hydroxyl groups is 1. The number of aliphatic imine (C=N–C) groups is 1. The molecule has 1 amide bonds. The molecule has 9 heteroatoms. The van der Waals surface area contributed by atoms with Crippen LogP contribution in [0.4, 0.5) is 5.69 Å². The predicted molar refractivity (Wildman–Crippen MR) is 124 cm³/mol. The Labute approximate surface area is 189 Å². The van der Waals surface area contributed by atoms with E-state index in [1.807, 2.05) is 24.3 Å². The van der Waals surface area contributed by atoms with Crippen molar-refractivity contribution in [1.82, 2.24) is 9.88 Å². The van der Waals surface area contributed by atoms with Gasteiger partial charge in [0, 0.05) is 40.6 Å². The number of amides is 1. The second kappa shape index (κ2) is 8.29. The number of H-pyrrole nitrogens is 1. The summed E-state index contributed by atoms with van der Waals surface area (Å²) in [6.07, 6.45) is 1.57. The van der Waals surface area contributed by atoms with E-state index >= 15 is 0 Å². The van der Waals surface area contributed by atoms with Crippen LogP contribution in [0.25, 0.3) is 10.9 Å². The monoisotopic (exact) mass is 451 g/mol. The van der Waals surface area contributed by atoms with Crippen molar-refractivity contribution in [2.75, 3.05) is 19.7 Å². The predicted octanol–water partition coefficient (Wildman–Crippen LogP) is 3.33. The molecule has 0 spiro atoms. The third-order valence-electron chi connectivity index (χ3n) is 5.83. The number of aromatic amines is 1. The fraction of sp³-hybridized carbons (Fsp3) is 0.261. The Morgan fingerprint density at radius 1 is 1.28 bits per heavy atom. The molecule has 0 bridgehead atoms. The molecule has 8 nitrogen and oxygen atoms in total. The Morgan fingerprint density at radius 3 is 2.88 bits per heavy atom. The van der Waals surface area contributed by atoms with Crippen LogP contribution in [0.1, 0.15) is 24.0 Å². The summed E-state index contributed by atoms with van der Waals surface area (Å²) in [5.74, 6) is -0.171. The van der Waals surface area contributed by atoms with Gasteiger partial charge in [0.1, 0.15) is 11.4 Å². The lowest BCUT2D eigenvalue weighted by molar-refractivity contribution is -0.137. The maximum Gasteiger partial charge on any atom is 0.263 e. The molecule has 0 unspecified atom stereocenters. The Morgan fingerprint density at radius 2 is 2.06 bits per heavy atom. The number of nitrogens with two attached hydrogens (primary N) is 1. The number of hydrogen-bond acceptors (Lipinski definition) is 6. The molecule has 164 valence electrons. The number of oxime groups is 1. The summed E-state index contributed by atoms with van der Waals surface area (Å²) in [5, 5.41) is 16.2. The van der Waals surface area contributed by atoms with Crippen LogP contribution in [0, 0.1) is 0 Å². The molecule has 3 heterocycles. The summed E-state index contributed by atoms with van der Waals surface area (Å²) < 4.78 is 0. The standard InChI is InChI=1S/C23H22ClN5O3/c24-13-5-6-18-16(11-13)20(23(31)27-18)22-21(15-3-1-2-4-17(15)26-22)28-32-12-19(30)29-9-7-14(25)8-10-29/h1-6,11,14,27,31H,7-10,12,25H2. The number of aromatic nitrogens is 1. The molecule has 0 radical (unpaired) electrons. The lowest BCUT2D eigenvalue weighted by atomic mass is 10.0. The lowest BCUT2D eigenvalue weighted by Gasteiger charge is -2.29. The Hall–Kier alpha value is -3.36. The third-order valence-corrected chi connectivity index (χ3v) is 6.06. The summed E-state index contributed by atoms with van der Waals surface area (Å²) in [4.78, 5) is 27.4. The topological polar surface area (TPSA) is 116 Å². The van der Waals surface area contributed by atoms with Gasteiger partial charge in [0.15, 0.2) is 12.5 Å². The van der Waals surface area contributed by atoms with Crippen molar-refractivity contribution in [3.05, 3.63) is 58.6 Å². The van der Waals surface area contributed by atoms with E-state index in [2.05, 4.69) is 15.1 Å². The molecule has 5 rings (SSSR count). The van der Waals surface area contributed by atoms with E-state index in [9.17, 15) is 9.90 Å². The van der Waals surface area contributed by atoms with Crippen molar-refractivity contribution in [1.29, 1.82) is 0 Å². The highest BCUT2D eigenvalue weighted by molar-refractivity contribution is 6.58. The fourth-order valence-corrected chi connectivity index (χ4v) is 4.29. The first-order chi connectivity index (χ1) is 15.5. The fourth-order valence-electron chi connectivity index (χ4n) is 4.12. The smallest absolute Gasteiger partial charge is 0.263 e. The lowest BCUT2D eigenvalue weighted by Crippen LogP contribution is -2.44. The van der Waals surface area contributed by atoms with Crippen LogP contribution in [0.5, 0.6) is 5.88 Å². The second-order valence-electron chi connectivity index (χ2n) is 7.95. The molecule has 1 fully saturated rings. The van der Waals surface area contributed by atoms with Gasteiger partial charge in [-0.05, 0) is 37.1 Å². The molecular weight excluding hydrogens is 430 g/mol. The number of fused-ring (bicyclic) bond motifs is 2. The van der Waals surface area contributed by atoms with E-state index < -0.39 is 0 Å². The van der Waals surface area contributed by atoms with Crippen LogP contribution in [0.2, 0.25) is 5.02 Å². The molecule has 0 saturated carbocycles. The number of carbonyl (C=O) groups excluding carboxylic acids is 1. The molecule has 0 atom stereocenters. The van der Waals surface area contributed by atoms with Crippen molar-refractivity contribution >= 4 is 45.5 Å². The summed E-state index contributed by atoms with van der Waals surface area (Å²) in [7, 11) is 0. The van der Waals surface area contributed by atoms with Gasteiger partial charge in [-0.15, -0.1) is 0 Å². The number of rotatable bonds is 4. The molecule has 2 aromatic carbocycles. The summed E-state index contributed by atoms with van der Waals surface area (Å²) in [6, 6.07) is 12.9. The maximum absolute atomic E-state index is 12.5. The Kier molecular flexibility index (Phi) is 5.32. The first-order valence-corrected chi connectivity index (χ1v) is 10.8. The van der Waals surface area contributed by atoms with Crippen LogP contribution in [0.15, 0.2) is 52.6 Å². The molecular formula is C23H22ClN5O3. The molecule has 0 aliphatic carbocycles. The van der Waals surface area contributed by atoms with Crippen LogP contribution < -0.4 is 5.73 Å². The second-order valence-corrected chi connectivity index (χ2v) is 8.38. The number of benzene rings is 2. The van der Waals surface area contributed by atoms with E-state index in [4.69, 9.17) is 22.2 Å². The Bertz CT molecular complexity index is 1260. The summed E-state index contributed by atoms with van der Waals surface area (Å²) in [5.41, 5.74) is 9.48. The molecule has 3 aromatic rings. The highest BCUT2D eigenvalue weighted by Gasteiger charge is 2.29. The number of para-hydroxylation sites is 1. The highest BCUT2D eigenvalue weighted by Crippen LogP contribution is 2.36. The minimum Gasteiger partial charge on any atom is -0.494 e. The van der Waals surface area contributed by atoms with Gasteiger partial charge in [-0.2, -0.15) is 0 Å². The van der Waals surface area contributed by atoms with E-state index in [-0.39, 0.29) is 24.4 Å². The van der Waals surface area contributed by atoms with Gasteiger partial charge >= 0.3 is 0 Å². The normalized spacial score (nSPS) is 17.6. The number of piperidine rings is 1. The zero-order chi connectivity index (χ0) is 22.2. The minimum atomic E-state index is -0.181. The van der Waals surface area contributed by atoms with Gasteiger partial charge < -0.3 is 25.6 Å². The van der Waals surface area contributed by atoms with Crippen molar-refractivity contribution in [2.45, 2.75) is 18.9 Å². The van der Waals surface area contributed by atoms with Crippen molar-refractivity contribution in [2.24, 2.45) is 15.9 Å². The number of nitrogens with zero attached hydrogens (tertiary/aromatic N) is 3. The van der Waals surface area contributed by atoms with Gasteiger partial charge in [0.25, 0.3) is 5.91 Å². The van der Waals surface area contributed by atoms with E-state index in [1.165, 1.54) is 0 Å². The van der Waals surface area contributed by atoms with E-state index in [1.54, 1.807) is 23.1 Å². The number of hydrogen-bond donors (Lipinski definition) is 3. The number of halogens is 1. The average molecular weight is 452 g/mol. The van der Waals surface area contributed by atoms with Gasteiger partial charge in [-0.25, -0.2) is 4.99 Å². The third kappa shape index (κ3) is 3.72. The average Bonchev–Trinajstić information content (AvgIpc) is 3.30. The SMILES string of the molecule is NC1CCN(C(=O)CON=C2C(c3c(O)[nH]c4ccc(Cl)cc34)=Nc3ccccc32)CC1. The van der Waals surface area contributed by atoms with Gasteiger partial charge in [0.2, 0.25) is 0 Å². The molecule has 4 N–H and O–H groups in total. The summed E-state index contributed by atoms with van der Waals surface area (Å²) >= 11 is 6.19. The van der Waals surface area contributed by atoms with Crippen LogP contribution in [0.3, 0.4) is 0 Å². The highest BCUT2D eigenvalue weighted by atomic mass is 35.5. The Balaban J connectivity index is 1.45. The molecule has 2 aliphatic rings. The molecule has 2 aliphatic heterocycles. The quantitative estimate of drug-likeness (QED) is 0.527. The van der Waals surface area contributed by atoms with Gasteiger partial charge in [-0.3, -0.25) is 4.79 Å². The van der Waals surface area contributed by atoms with Crippen molar-refractivity contribution < 1.29 is 14.7 Å².